The standard InChI is InChI=1S/C14H11BrN4/c15-11-6-4-10(5-7-11)14-12(16)9-19(18-14)13-3-1-2-8-17-13/h1-9H,16H2. The van der Waals surface area contributed by atoms with E-state index in [4.69, 9.17) is 5.73 Å². The van der Waals surface area contributed by atoms with Crippen molar-refractivity contribution in [2.75, 3.05) is 5.73 Å². The molecule has 0 atom stereocenters. The van der Waals surface area contributed by atoms with Crippen LogP contribution in [0.2, 0.25) is 0 Å². The van der Waals surface area contributed by atoms with Gasteiger partial charge in [0.25, 0.3) is 0 Å². The Morgan fingerprint density at radius 2 is 1.84 bits per heavy atom. The van der Waals surface area contributed by atoms with Crippen LogP contribution in [-0.4, -0.2) is 14.8 Å². The third-order valence-corrected chi connectivity index (χ3v) is 3.27. The van der Waals surface area contributed by atoms with Crippen LogP contribution in [0.5, 0.6) is 0 Å². The zero-order chi connectivity index (χ0) is 13.2. The molecular weight excluding hydrogens is 304 g/mol. The van der Waals surface area contributed by atoms with Gasteiger partial charge in [-0.05, 0) is 24.3 Å². The Morgan fingerprint density at radius 1 is 1.05 bits per heavy atom. The van der Waals surface area contributed by atoms with Gasteiger partial charge in [-0.2, -0.15) is 5.10 Å². The van der Waals surface area contributed by atoms with Crippen LogP contribution in [0.1, 0.15) is 0 Å². The molecule has 0 aliphatic rings. The summed E-state index contributed by atoms with van der Waals surface area (Å²) in [6.45, 7) is 0. The van der Waals surface area contributed by atoms with E-state index in [2.05, 4.69) is 26.0 Å². The molecule has 0 amide bonds. The summed E-state index contributed by atoms with van der Waals surface area (Å²) in [6, 6.07) is 13.6. The Labute approximate surface area is 119 Å². The molecule has 2 N–H and O–H groups in total. The summed E-state index contributed by atoms with van der Waals surface area (Å²) in [6.07, 6.45) is 3.51. The van der Waals surface area contributed by atoms with Crippen molar-refractivity contribution in [2.45, 2.75) is 0 Å². The Bertz CT molecular complexity index is 689. The molecule has 5 heteroatoms. The summed E-state index contributed by atoms with van der Waals surface area (Å²) in [5.74, 6) is 0.748. The molecule has 1 aromatic carbocycles. The zero-order valence-electron chi connectivity index (χ0n) is 9.99. The molecule has 0 aliphatic heterocycles. The third-order valence-electron chi connectivity index (χ3n) is 2.74. The normalized spacial score (nSPS) is 10.6. The second kappa shape index (κ2) is 4.85. The molecule has 0 saturated heterocycles. The smallest absolute Gasteiger partial charge is 0.153 e. The van der Waals surface area contributed by atoms with Crippen LogP contribution in [0, 0.1) is 0 Å². The Balaban J connectivity index is 2.05. The van der Waals surface area contributed by atoms with Crippen LogP contribution in [0.3, 0.4) is 0 Å². The molecule has 94 valence electrons. The lowest BCUT2D eigenvalue weighted by atomic mass is 10.1. The monoisotopic (exact) mass is 314 g/mol. The summed E-state index contributed by atoms with van der Waals surface area (Å²) < 4.78 is 2.71. The fourth-order valence-corrected chi connectivity index (χ4v) is 2.09. The number of pyridine rings is 1. The van der Waals surface area contributed by atoms with Gasteiger partial charge in [0.05, 0.1) is 11.9 Å². The minimum Gasteiger partial charge on any atom is -0.396 e. The molecule has 4 nitrogen and oxygen atoms in total. The molecule has 3 rings (SSSR count). The first-order valence-corrected chi connectivity index (χ1v) is 6.56. The summed E-state index contributed by atoms with van der Waals surface area (Å²) in [4.78, 5) is 4.25. The molecule has 2 aromatic heterocycles. The molecule has 0 unspecified atom stereocenters. The van der Waals surface area contributed by atoms with Crippen molar-refractivity contribution < 1.29 is 0 Å². The highest BCUT2D eigenvalue weighted by Crippen LogP contribution is 2.26. The number of nitrogens with zero attached hydrogens (tertiary/aromatic N) is 3. The second-order valence-electron chi connectivity index (χ2n) is 4.07. The van der Waals surface area contributed by atoms with Gasteiger partial charge < -0.3 is 5.73 Å². The van der Waals surface area contributed by atoms with Crippen molar-refractivity contribution in [3.8, 4) is 17.1 Å². The van der Waals surface area contributed by atoms with Gasteiger partial charge >= 0.3 is 0 Å². The lowest BCUT2D eigenvalue weighted by Gasteiger charge is -1.99. The fraction of sp³-hybridized carbons (Fsp3) is 0. The van der Waals surface area contributed by atoms with Gasteiger partial charge in [0.2, 0.25) is 0 Å². The van der Waals surface area contributed by atoms with Crippen LogP contribution < -0.4 is 5.73 Å². The number of nitrogens with two attached hydrogens (primary N) is 1. The third kappa shape index (κ3) is 2.37. The van der Waals surface area contributed by atoms with E-state index in [1.54, 1.807) is 17.1 Å². The summed E-state index contributed by atoms with van der Waals surface area (Å²) >= 11 is 3.41. The maximum atomic E-state index is 6.03. The van der Waals surface area contributed by atoms with Crippen molar-refractivity contribution >= 4 is 21.6 Å². The van der Waals surface area contributed by atoms with Crippen molar-refractivity contribution in [3.05, 3.63) is 59.3 Å². The molecule has 0 radical (unpaired) electrons. The maximum Gasteiger partial charge on any atom is 0.153 e. The van der Waals surface area contributed by atoms with E-state index in [0.717, 1.165) is 21.5 Å². The lowest BCUT2D eigenvalue weighted by Crippen LogP contribution is -1.97. The van der Waals surface area contributed by atoms with Gasteiger partial charge in [0, 0.05) is 16.2 Å². The lowest BCUT2D eigenvalue weighted by molar-refractivity contribution is 0.850. The number of aromatic nitrogens is 3. The van der Waals surface area contributed by atoms with Crippen molar-refractivity contribution in [1.82, 2.24) is 14.8 Å². The topological polar surface area (TPSA) is 56.7 Å². The highest BCUT2D eigenvalue weighted by Gasteiger charge is 2.09. The second-order valence-corrected chi connectivity index (χ2v) is 4.99. The van der Waals surface area contributed by atoms with Crippen molar-refractivity contribution in [3.63, 3.8) is 0 Å². The highest BCUT2D eigenvalue weighted by molar-refractivity contribution is 9.10. The quantitative estimate of drug-likeness (QED) is 0.789. The molecule has 0 spiro atoms. The van der Waals surface area contributed by atoms with Gasteiger partial charge in [-0.1, -0.05) is 34.1 Å². The minimum atomic E-state index is 0.632. The van der Waals surface area contributed by atoms with E-state index in [9.17, 15) is 0 Å². The highest BCUT2D eigenvalue weighted by atomic mass is 79.9. The Kier molecular flexibility index (Phi) is 3.05. The summed E-state index contributed by atoms with van der Waals surface area (Å²) in [5.41, 5.74) is 8.40. The van der Waals surface area contributed by atoms with E-state index >= 15 is 0 Å². The van der Waals surface area contributed by atoms with Crippen molar-refractivity contribution in [1.29, 1.82) is 0 Å². The average molecular weight is 315 g/mol. The number of hydrogen-bond donors (Lipinski definition) is 1. The first-order chi connectivity index (χ1) is 9.24. The Morgan fingerprint density at radius 3 is 2.53 bits per heavy atom. The number of anilines is 1. The number of rotatable bonds is 2. The largest absolute Gasteiger partial charge is 0.396 e. The number of benzene rings is 1. The SMILES string of the molecule is Nc1cn(-c2ccccn2)nc1-c1ccc(Br)cc1. The van der Waals surface area contributed by atoms with Gasteiger partial charge in [-0.15, -0.1) is 0 Å². The maximum absolute atomic E-state index is 6.03. The average Bonchev–Trinajstić information content (AvgIpc) is 2.83. The molecule has 19 heavy (non-hydrogen) atoms. The first kappa shape index (κ1) is 11.9. The van der Waals surface area contributed by atoms with Crippen LogP contribution in [0.4, 0.5) is 5.69 Å². The first-order valence-electron chi connectivity index (χ1n) is 5.76. The molecule has 3 aromatic rings. The van der Waals surface area contributed by atoms with E-state index in [1.807, 2.05) is 42.5 Å². The van der Waals surface area contributed by atoms with Crippen molar-refractivity contribution in [2.24, 2.45) is 0 Å². The van der Waals surface area contributed by atoms with Crippen LogP contribution in [-0.2, 0) is 0 Å². The van der Waals surface area contributed by atoms with Gasteiger partial charge in [0.1, 0.15) is 5.69 Å². The molecule has 0 bridgehead atoms. The molecule has 0 aliphatic carbocycles. The number of hydrogen-bond acceptors (Lipinski definition) is 3. The number of nitrogen functional groups attached to an aromatic ring is 1. The van der Waals surface area contributed by atoms with E-state index in [1.165, 1.54) is 0 Å². The summed E-state index contributed by atoms with van der Waals surface area (Å²) in [5, 5.41) is 4.49. The van der Waals surface area contributed by atoms with Crippen LogP contribution in [0.15, 0.2) is 59.3 Å². The molecule has 0 saturated carbocycles. The number of halogens is 1. The predicted molar refractivity (Wildman–Crippen MR) is 78.9 cm³/mol. The molecular formula is C14H11BrN4. The van der Waals surface area contributed by atoms with E-state index < -0.39 is 0 Å². The van der Waals surface area contributed by atoms with E-state index in [-0.39, 0.29) is 0 Å². The van der Waals surface area contributed by atoms with Crippen LogP contribution in [0.25, 0.3) is 17.1 Å². The van der Waals surface area contributed by atoms with Gasteiger partial charge in [-0.25, -0.2) is 9.67 Å². The zero-order valence-corrected chi connectivity index (χ0v) is 11.6. The van der Waals surface area contributed by atoms with E-state index in [0.29, 0.717) is 5.69 Å². The molecule has 2 heterocycles. The van der Waals surface area contributed by atoms with Crippen LogP contribution >= 0.6 is 15.9 Å². The summed E-state index contributed by atoms with van der Waals surface area (Å²) in [7, 11) is 0. The Hall–Kier alpha value is -2.14. The molecule has 0 fully saturated rings. The van der Waals surface area contributed by atoms with Gasteiger partial charge in [-0.3, -0.25) is 0 Å². The fourth-order valence-electron chi connectivity index (χ4n) is 1.83. The van der Waals surface area contributed by atoms with Gasteiger partial charge in [0.15, 0.2) is 5.82 Å². The predicted octanol–water partition coefficient (Wildman–Crippen LogP) is 3.28. The minimum absolute atomic E-state index is 0.632.